The van der Waals surface area contributed by atoms with Crippen molar-refractivity contribution < 1.29 is 9.53 Å². The molecular weight excluding hydrogens is 350 g/mol. The monoisotopic (exact) mass is 379 g/mol. The third kappa shape index (κ3) is 3.63. The van der Waals surface area contributed by atoms with Gasteiger partial charge in [0.1, 0.15) is 5.75 Å². The number of ether oxygens (including phenoxy) is 1. The van der Waals surface area contributed by atoms with E-state index in [0.717, 1.165) is 37.2 Å². The predicted molar refractivity (Wildman–Crippen MR) is 109 cm³/mol. The van der Waals surface area contributed by atoms with Gasteiger partial charge >= 0.3 is 0 Å². The van der Waals surface area contributed by atoms with Crippen molar-refractivity contribution in [2.45, 2.75) is 44.2 Å². The molecule has 2 aliphatic rings. The summed E-state index contributed by atoms with van der Waals surface area (Å²) < 4.78 is 5.63. The number of nitrogens with zero attached hydrogens (tertiary/aromatic N) is 3. The Kier molecular flexibility index (Phi) is 5.62. The summed E-state index contributed by atoms with van der Waals surface area (Å²) in [5.41, 5.74) is 3.51. The predicted octanol–water partition coefficient (Wildman–Crippen LogP) is 3.24. The van der Waals surface area contributed by atoms with Gasteiger partial charge in [0.05, 0.1) is 19.6 Å². The second kappa shape index (κ2) is 8.31. The van der Waals surface area contributed by atoms with Crippen molar-refractivity contribution in [2.24, 2.45) is 0 Å². The number of methoxy groups -OCH3 is 1. The first-order valence-corrected chi connectivity index (χ1v) is 10.2. The first-order valence-electron chi connectivity index (χ1n) is 10.2. The second-order valence-electron chi connectivity index (χ2n) is 7.86. The minimum absolute atomic E-state index is 0.0614. The number of likely N-dealkylation sites (N-methyl/N-ethyl adjacent to an activating group) is 1. The van der Waals surface area contributed by atoms with E-state index >= 15 is 0 Å². The molecule has 4 rings (SSSR count). The Labute approximate surface area is 167 Å². The topological polar surface area (TPSA) is 45.7 Å². The molecule has 5 nitrogen and oxygen atoms in total. The summed E-state index contributed by atoms with van der Waals surface area (Å²) in [5, 5.41) is 0. The molecule has 2 atom stereocenters. The lowest BCUT2D eigenvalue weighted by molar-refractivity contribution is -0.133. The van der Waals surface area contributed by atoms with Crippen molar-refractivity contribution in [3.05, 3.63) is 59.4 Å². The summed E-state index contributed by atoms with van der Waals surface area (Å²) in [6.45, 7) is 2.26. The fraction of sp³-hybridized carbons (Fsp3) is 0.478. The average Bonchev–Trinajstić information content (AvgIpc) is 3.27. The van der Waals surface area contributed by atoms with Crippen LogP contribution in [0.15, 0.2) is 42.7 Å². The Balaban J connectivity index is 1.66. The highest BCUT2D eigenvalue weighted by Gasteiger charge is 2.39. The van der Waals surface area contributed by atoms with E-state index in [4.69, 9.17) is 4.74 Å². The molecule has 1 aliphatic heterocycles. The van der Waals surface area contributed by atoms with Gasteiger partial charge in [-0.25, -0.2) is 0 Å². The molecule has 28 heavy (non-hydrogen) atoms. The normalized spacial score (nSPS) is 21.9. The number of hydrogen-bond donors (Lipinski definition) is 0. The van der Waals surface area contributed by atoms with E-state index < -0.39 is 0 Å². The minimum atomic E-state index is 0.0614. The molecule has 1 fully saturated rings. The number of carbonyl (C=O) groups excluding carboxylic acids is 1. The zero-order valence-corrected chi connectivity index (χ0v) is 16.8. The Morgan fingerprint density at radius 3 is 2.68 bits per heavy atom. The highest BCUT2D eigenvalue weighted by molar-refractivity contribution is 5.79. The SMILES string of the molecule is COc1cccc2c1CC[C@H](N1CCCC1)[C@H]2N(C)C(=O)Cc1ccncc1. The fourth-order valence-electron chi connectivity index (χ4n) is 4.85. The zero-order chi connectivity index (χ0) is 19.5. The highest BCUT2D eigenvalue weighted by atomic mass is 16.5. The molecule has 0 N–H and O–H groups in total. The Morgan fingerprint density at radius 2 is 1.96 bits per heavy atom. The van der Waals surface area contributed by atoms with Crippen LogP contribution in [-0.4, -0.2) is 54.0 Å². The van der Waals surface area contributed by atoms with E-state index in [2.05, 4.69) is 22.0 Å². The number of carbonyl (C=O) groups is 1. The van der Waals surface area contributed by atoms with E-state index in [1.54, 1.807) is 19.5 Å². The van der Waals surface area contributed by atoms with Gasteiger partial charge in [-0.15, -0.1) is 0 Å². The second-order valence-corrected chi connectivity index (χ2v) is 7.86. The Morgan fingerprint density at radius 1 is 1.21 bits per heavy atom. The maximum absolute atomic E-state index is 13.2. The molecule has 0 saturated carbocycles. The molecule has 0 spiro atoms. The number of fused-ring (bicyclic) bond motifs is 1. The third-order valence-corrected chi connectivity index (χ3v) is 6.29. The van der Waals surface area contributed by atoms with Crippen molar-refractivity contribution >= 4 is 5.91 Å². The zero-order valence-electron chi connectivity index (χ0n) is 16.8. The average molecular weight is 380 g/mol. The highest BCUT2D eigenvalue weighted by Crippen LogP contribution is 2.41. The van der Waals surface area contributed by atoms with E-state index in [1.807, 2.05) is 30.1 Å². The summed E-state index contributed by atoms with van der Waals surface area (Å²) in [4.78, 5) is 21.8. The number of pyridine rings is 1. The lowest BCUT2D eigenvalue weighted by Crippen LogP contribution is -2.48. The van der Waals surface area contributed by atoms with Crippen molar-refractivity contribution in [1.82, 2.24) is 14.8 Å². The molecule has 5 heteroatoms. The van der Waals surface area contributed by atoms with Crippen molar-refractivity contribution in [1.29, 1.82) is 0 Å². The van der Waals surface area contributed by atoms with Crippen LogP contribution in [0.2, 0.25) is 0 Å². The first-order chi connectivity index (χ1) is 13.7. The summed E-state index contributed by atoms with van der Waals surface area (Å²) in [6.07, 6.45) is 8.47. The van der Waals surface area contributed by atoms with Crippen LogP contribution >= 0.6 is 0 Å². The van der Waals surface area contributed by atoms with Crippen LogP contribution in [0.25, 0.3) is 0 Å². The third-order valence-electron chi connectivity index (χ3n) is 6.29. The van der Waals surface area contributed by atoms with Gasteiger partial charge < -0.3 is 9.64 Å². The maximum atomic E-state index is 13.2. The number of benzene rings is 1. The summed E-state index contributed by atoms with van der Waals surface area (Å²) in [7, 11) is 3.70. The largest absolute Gasteiger partial charge is 0.496 e. The molecule has 0 radical (unpaired) electrons. The number of amides is 1. The molecule has 1 saturated heterocycles. The van der Waals surface area contributed by atoms with E-state index in [9.17, 15) is 4.79 Å². The maximum Gasteiger partial charge on any atom is 0.227 e. The molecule has 1 aromatic carbocycles. The van der Waals surface area contributed by atoms with Crippen molar-refractivity contribution in [2.75, 3.05) is 27.2 Å². The summed E-state index contributed by atoms with van der Waals surface area (Å²) in [5.74, 6) is 1.09. The van der Waals surface area contributed by atoms with Crippen molar-refractivity contribution in [3.63, 3.8) is 0 Å². The van der Waals surface area contributed by atoms with Gasteiger partial charge in [-0.2, -0.15) is 0 Å². The van der Waals surface area contributed by atoms with Gasteiger partial charge in [0.2, 0.25) is 5.91 Å². The van der Waals surface area contributed by atoms with Gasteiger partial charge in [-0.05, 0) is 73.7 Å². The van der Waals surface area contributed by atoms with Crippen LogP contribution < -0.4 is 4.74 Å². The number of likely N-dealkylation sites (tertiary alicyclic amines) is 1. The number of aromatic nitrogens is 1. The molecule has 2 aromatic rings. The lowest BCUT2D eigenvalue weighted by atomic mass is 9.81. The number of hydrogen-bond acceptors (Lipinski definition) is 4. The van der Waals surface area contributed by atoms with Crippen LogP contribution in [0.4, 0.5) is 0 Å². The molecule has 0 bridgehead atoms. The quantitative estimate of drug-likeness (QED) is 0.800. The minimum Gasteiger partial charge on any atom is -0.496 e. The van der Waals surface area contributed by atoms with Gasteiger partial charge in [0, 0.05) is 25.5 Å². The lowest BCUT2D eigenvalue weighted by Gasteiger charge is -2.44. The van der Waals surface area contributed by atoms with Gasteiger partial charge in [-0.3, -0.25) is 14.7 Å². The first kappa shape index (κ1) is 18.9. The van der Waals surface area contributed by atoms with Crippen LogP contribution in [0.3, 0.4) is 0 Å². The Bertz CT molecular complexity index is 818. The number of rotatable bonds is 5. The van der Waals surface area contributed by atoms with E-state index in [0.29, 0.717) is 12.5 Å². The van der Waals surface area contributed by atoms with Crippen LogP contribution in [0.5, 0.6) is 5.75 Å². The standard InChI is InChI=1S/C23H29N3O2/c1-25(22(27)16-17-10-12-24-13-11-17)23-19-6-5-7-21(28-2)18(19)8-9-20(23)26-14-3-4-15-26/h5-7,10-13,20,23H,3-4,8-9,14-16H2,1-2H3/t20-,23-/m0/s1. The van der Waals surface area contributed by atoms with Gasteiger partial charge in [0.25, 0.3) is 0 Å². The van der Waals surface area contributed by atoms with Gasteiger partial charge in [0.15, 0.2) is 0 Å². The van der Waals surface area contributed by atoms with Crippen LogP contribution in [0.1, 0.15) is 42.0 Å². The molecule has 1 aliphatic carbocycles. The molecule has 0 unspecified atom stereocenters. The smallest absolute Gasteiger partial charge is 0.227 e. The van der Waals surface area contributed by atoms with Crippen LogP contribution in [-0.2, 0) is 17.6 Å². The summed E-state index contributed by atoms with van der Waals surface area (Å²) in [6, 6.07) is 10.5. The fourth-order valence-corrected chi connectivity index (χ4v) is 4.85. The molecular formula is C23H29N3O2. The molecule has 2 heterocycles. The molecule has 148 valence electrons. The van der Waals surface area contributed by atoms with Crippen molar-refractivity contribution in [3.8, 4) is 5.75 Å². The molecule has 1 aromatic heterocycles. The summed E-state index contributed by atoms with van der Waals surface area (Å²) >= 11 is 0. The van der Waals surface area contributed by atoms with Gasteiger partial charge in [-0.1, -0.05) is 12.1 Å². The van der Waals surface area contributed by atoms with E-state index in [1.165, 1.54) is 24.0 Å². The molecule has 1 amide bonds. The Hall–Kier alpha value is -2.40. The van der Waals surface area contributed by atoms with E-state index in [-0.39, 0.29) is 11.9 Å². The van der Waals surface area contributed by atoms with Crippen LogP contribution in [0, 0.1) is 0 Å².